The molecule has 1 aromatic carbocycles. The fourth-order valence-electron chi connectivity index (χ4n) is 2.51. The van der Waals surface area contributed by atoms with Crippen molar-refractivity contribution >= 4 is 5.69 Å². The van der Waals surface area contributed by atoms with Crippen molar-refractivity contribution < 1.29 is 0 Å². The summed E-state index contributed by atoms with van der Waals surface area (Å²) in [5.41, 5.74) is 6.45. The van der Waals surface area contributed by atoms with Crippen LogP contribution >= 0.6 is 0 Å². The van der Waals surface area contributed by atoms with E-state index in [4.69, 9.17) is 0 Å². The van der Waals surface area contributed by atoms with Crippen molar-refractivity contribution in [3.05, 3.63) is 35.7 Å². The molecule has 3 rings (SSSR count). The second kappa shape index (κ2) is 3.91. The van der Waals surface area contributed by atoms with Crippen LogP contribution in [0.15, 0.2) is 24.4 Å². The standard InChI is InChI=1S/C14H17N3/c1-3-17-10(2)13(9-16-17)12-5-4-11-6-7-15-14(11)8-12/h4-5,8-9,15H,3,6-7H2,1-2H3. The Hall–Kier alpha value is -1.77. The molecule has 1 N–H and O–H groups in total. The number of hydrogen-bond acceptors (Lipinski definition) is 2. The van der Waals surface area contributed by atoms with Crippen molar-refractivity contribution in [1.82, 2.24) is 9.78 Å². The van der Waals surface area contributed by atoms with Crippen LogP contribution in [-0.2, 0) is 13.0 Å². The van der Waals surface area contributed by atoms with Crippen LogP contribution in [0.25, 0.3) is 11.1 Å². The average Bonchev–Trinajstić information content (AvgIpc) is 2.94. The lowest BCUT2D eigenvalue weighted by Gasteiger charge is -2.05. The van der Waals surface area contributed by atoms with Gasteiger partial charge in [0.1, 0.15) is 0 Å². The lowest BCUT2D eigenvalue weighted by molar-refractivity contribution is 0.640. The lowest BCUT2D eigenvalue weighted by atomic mass is 10.0. The topological polar surface area (TPSA) is 29.9 Å². The molecule has 0 fully saturated rings. The van der Waals surface area contributed by atoms with E-state index >= 15 is 0 Å². The highest BCUT2D eigenvalue weighted by atomic mass is 15.3. The second-order valence-corrected chi connectivity index (χ2v) is 4.51. The maximum Gasteiger partial charge on any atom is 0.0571 e. The first kappa shape index (κ1) is 10.4. The first-order valence-electron chi connectivity index (χ1n) is 6.19. The van der Waals surface area contributed by atoms with Crippen molar-refractivity contribution in [3.63, 3.8) is 0 Å². The van der Waals surface area contributed by atoms with Gasteiger partial charge >= 0.3 is 0 Å². The minimum Gasteiger partial charge on any atom is -0.384 e. The molecule has 0 aliphatic carbocycles. The predicted molar refractivity (Wildman–Crippen MR) is 70.3 cm³/mol. The number of fused-ring (bicyclic) bond motifs is 1. The fourth-order valence-corrected chi connectivity index (χ4v) is 2.51. The molecule has 0 bridgehead atoms. The highest BCUT2D eigenvalue weighted by molar-refractivity contribution is 5.72. The third-order valence-electron chi connectivity index (χ3n) is 3.53. The van der Waals surface area contributed by atoms with E-state index in [2.05, 4.69) is 42.5 Å². The van der Waals surface area contributed by atoms with E-state index in [1.54, 1.807) is 0 Å². The van der Waals surface area contributed by atoms with Gasteiger partial charge in [0.25, 0.3) is 0 Å². The maximum atomic E-state index is 4.40. The molecule has 0 saturated carbocycles. The molecule has 0 spiro atoms. The first-order chi connectivity index (χ1) is 8.29. The van der Waals surface area contributed by atoms with Gasteiger partial charge in [-0.3, -0.25) is 4.68 Å². The van der Waals surface area contributed by atoms with Gasteiger partial charge in [0.2, 0.25) is 0 Å². The summed E-state index contributed by atoms with van der Waals surface area (Å²) in [5.74, 6) is 0. The Morgan fingerprint density at radius 3 is 3.06 bits per heavy atom. The molecule has 3 nitrogen and oxygen atoms in total. The van der Waals surface area contributed by atoms with Gasteiger partial charge in [0.05, 0.1) is 6.20 Å². The van der Waals surface area contributed by atoms with Crippen molar-refractivity contribution in [2.75, 3.05) is 11.9 Å². The van der Waals surface area contributed by atoms with Gasteiger partial charge < -0.3 is 5.32 Å². The molecular weight excluding hydrogens is 210 g/mol. The van der Waals surface area contributed by atoms with E-state index in [0.29, 0.717) is 0 Å². The zero-order chi connectivity index (χ0) is 11.8. The monoisotopic (exact) mass is 227 g/mol. The van der Waals surface area contributed by atoms with Crippen molar-refractivity contribution in [2.24, 2.45) is 0 Å². The van der Waals surface area contributed by atoms with Crippen LogP contribution in [-0.4, -0.2) is 16.3 Å². The van der Waals surface area contributed by atoms with Crippen molar-refractivity contribution in [3.8, 4) is 11.1 Å². The second-order valence-electron chi connectivity index (χ2n) is 4.51. The van der Waals surface area contributed by atoms with Crippen LogP contribution in [0, 0.1) is 6.92 Å². The van der Waals surface area contributed by atoms with Gasteiger partial charge in [0.15, 0.2) is 0 Å². The molecule has 0 amide bonds. The van der Waals surface area contributed by atoms with Crippen LogP contribution in [0.4, 0.5) is 5.69 Å². The van der Waals surface area contributed by atoms with Crippen LogP contribution in [0.2, 0.25) is 0 Å². The molecular formula is C14H17N3. The third-order valence-corrected chi connectivity index (χ3v) is 3.53. The van der Waals surface area contributed by atoms with Crippen LogP contribution < -0.4 is 5.32 Å². The Balaban J connectivity index is 2.06. The summed E-state index contributed by atoms with van der Waals surface area (Å²) >= 11 is 0. The summed E-state index contributed by atoms with van der Waals surface area (Å²) in [7, 11) is 0. The third kappa shape index (κ3) is 1.62. The van der Waals surface area contributed by atoms with Crippen LogP contribution in [0.3, 0.4) is 0 Å². The van der Waals surface area contributed by atoms with Crippen LogP contribution in [0.1, 0.15) is 18.2 Å². The van der Waals surface area contributed by atoms with Gasteiger partial charge in [-0.1, -0.05) is 12.1 Å². The summed E-state index contributed by atoms with van der Waals surface area (Å²) in [6.45, 7) is 6.24. The van der Waals surface area contributed by atoms with E-state index in [0.717, 1.165) is 19.5 Å². The molecule has 0 radical (unpaired) electrons. The minimum atomic E-state index is 0.926. The van der Waals surface area contributed by atoms with Gasteiger partial charge in [0, 0.05) is 30.0 Å². The summed E-state index contributed by atoms with van der Waals surface area (Å²) < 4.78 is 2.04. The predicted octanol–water partition coefficient (Wildman–Crippen LogP) is 2.85. The fraction of sp³-hybridized carbons (Fsp3) is 0.357. The first-order valence-corrected chi connectivity index (χ1v) is 6.19. The Morgan fingerprint density at radius 1 is 1.41 bits per heavy atom. The maximum absolute atomic E-state index is 4.40. The number of benzene rings is 1. The zero-order valence-corrected chi connectivity index (χ0v) is 10.3. The molecule has 0 saturated heterocycles. The summed E-state index contributed by atoms with van der Waals surface area (Å²) in [6.07, 6.45) is 3.11. The van der Waals surface area contributed by atoms with Gasteiger partial charge in [-0.15, -0.1) is 0 Å². The number of rotatable bonds is 2. The number of hydrogen-bond donors (Lipinski definition) is 1. The number of anilines is 1. The Bertz CT molecular complexity index is 555. The van der Waals surface area contributed by atoms with Crippen LogP contribution in [0.5, 0.6) is 0 Å². The molecule has 2 aromatic rings. The highest BCUT2D eigenvalue weighted by Gasteiger charge is 2.13. The molecule has 1 aliphatic rings. The number of nitrogens with zero attached hydrogens (tertiary/aromatic N) is 2. The SMILES string of the molecule is CCn1ncc(-c2ccc3c(c2)NCC3)c1C. The quantitative estimate of drug-likeness (QED) is 0.855. The number of aryl methyl sites for hydroxylation is 1. The largest absolute Gasteiger partial charge is 0.384 e. The smallest absolute Gasteiger partial charge is 0.0571 e. The lowest BCUT2D eigenvalue weighted by Crippen LogP contribution is -1.98. The van der Waals surface area contributed by atoms with E-state index in [-0.39, 0.29) is 0 Å². The highest BCUT2D eigenvalue weighted by Crippen LogP contribution is 2.30. The number of nitrogens with one attached hydrogen (secondary N) is 1. The minimum absolute atomic E-state index is 0.926. The Morgan fingerprint density at radius 2 is 2.29 bits per heavy atom. The molecule has 2 heterocycles. The number of aromatic nitrogens is 2. The zero-order valence-electron chi connectivity index (χ0n) is 10.3. The molecule has 3 heteroatoms. The molecule has 17 heavy (non-hydrogen) atoms. The molecule has 88 valence electrons. The van der Waals surface area contributed by atoms with Crippen molar-refractivity contribution in [2.45, 2.75) is 26.8 Å². The normalized spacial score (nSPS) is 13.5. The van der Waals surface area contributed by atoms with E-state index in [9.17, 15) is 0 Å². The average molecular weight is 227 g/mol. The molecule has 1 aromatic heterocycles. The van der Waals surface area contributed by atoms with Gasteiger partial charge in [-0.2, -0.15) is 5.10 Å². The Labute approximate surface area is 101 Å². The summed E-state index contributed by atoms with van der Waals surface area (Å²) in [5, 5.41) is 7.82. The molecule has 0 atom stereocenters. The Kier molecular flexibility index (Phi) is 2.39. The summed E-state index contributed by atoms with van der Waals surface area (Å²) in [6, 6.07) is 6.68. The van der Waals surface area contributed by atoms with E-state index in [1.807, 2.05) is 10.9 Å². The van der Waals surface area contributed by atoms with E-state index < -0.39 is 0 Å². The van der Waals surface area contributed by atoms with Gasteiger partial charge in [-0.05, 0) is 37.5 Å². The van der Waals surface area contributed by atoms with Crippen molar-refractivity contribution in [1.29, 1.82) is 0 Å². The van der Waals surface area contributed by atoms with E-state index in [1.165, 1.54) is 28.1 Å². The molecule has 0 unspecified atom stereocenters. The molecule has 1 aliphatic heterocycles. The van der Waals surface area contributed by atoms with Gasteiger partial charge in [-0.25, -0.2) is 0 Å². The summed E-state index contributed by atoms with van der Waals surface area (Å²) in [4.78, 5) is 0.